The van der Waals surface area contributed by atoms with E-state index in [-0.39, 0.29) is 0 Å². The minimum atomic E-state index is -0.761. The van der Waals surface area contributed by atoms with Gasteiger partial charge in [0.2, 0.25) is 0 Å². The summed E-state index contributed by atoms with van der Waals surface area (Å²) in [6.07, 6.45) is 0. The Bertz CT molecular complexity index is 472. The standard InChI is InChI=1S/C11H10N.2CH3.Al/c1-12-11-8-4-6-9-5-2-3-7-10(9)11;;;/h2-6,8,12H,1H3;2*1H3;. The summed E-state index contributed by atoms with van der Waals surface area (Å²) in [5, 5.41) is 6.06. The molecule has 0 aliphatic heterocycles. The SMILES string of the molecule is CNc1cccc2ccc[c]([Al]([CH3])[CH3])c12. The third kappa shape index (κ3) is 1.88. The van der Waals surface area contributed by atoms with Crippen LogP contribution in [0.25, 0.3) is 10.8 Å². The third-order valence-electron chi connectivity index (χ3n) is 2.83. The van der Waals surface area contributed by atoms with E-state index in [9.17, 15) is 0 Å². The van der Waals surface area contributed by atoms with Gasteiger partial charge in [0.25, 0.3) is 14.1 Å². The van der Waals surface area contributed by atoms with E-state index in [1.165, 1.54) is 16.5 Å². The highest BCUT2D eigenvalue weighted by molar-refractivity contribution is 6.73. The zero-order valence-corrected chi connectivity index (χ0v) is 10.7. The fraction of sp³-hybridized carbons (Fsp3) is 0.231. The van der Waals surface area contributed by atoms with Gasteiger partial charge in [-0.25, -0.2) is 0 Å². The summed E-state index contributed by atoms with van der Waals surface area (Å²) in [7, 11) is 1.99. The summed E-state index contributed by atoms with van der Waals surface area (Å²) in [5.41, 5.74) is 1.25. The van der Waals surface area contributed by atoms with Crippen LogP contribution in [0.4, 0.5) is 5.69 Å². The van der Waals surface area contributed by atoms with E-state index in [2.05, 4.69) is 53.3 Å². The van der Waals surface area contributed by atoms with E-state index in [0.29, 0.717) is 0 Å². The molecule has 2 heteroatoms. The lowest BCUT2D eigenvalue weighted by atomic mass is 10.1. The molecule has 1 nitrogen and oxygen atoms in total. The average molecular weight is 213 g/mol. The fourth-order valence-electron chi connectivity index (χ4n) is 2.06. The highest BCUT2D eigenvalue weighted by atomic mass is 27.2. The van der Waals surface area contributed by atoms with Crippen molar-refractivity contribution in [2.24, 2.45) is 0 Å². The molecule has 0 aliphatic carbocycles. The molecule has 0 unspecified atom stereocenters. The van der Waals surface area contributed by atoms with Crippen molar-refractivity contribution < 1.29 is 0 Å². The first-order chi connectivity index (χ1) is 7.24. The van der Waals surface area contributed by atoms with Gasteiger partial charge in [-0.05, 0) is 16.8 Å². The molecule has 0 saturated carbocycles. The highest BCUT2D eigenvalue weighted by Crippen LogP contribution is 2.21. The monoisotopic (exact) mass is 213 g/mol. The Kier molecular flexibility index (Phi) is 3.00. The maximum atomic E-state index is 3.29. The largest absolute Gasteiger partial charge is 0.388 e. The zero-order valence-electron chi connectivity index (χ0n) is 9.54. The van der Waals surface area contributed by atoms with Crippen LogP contribution in [0.2, 0.25) is 11.6 Å². The summed E-state index contributed by atoms with van der Waals surface area (Å²) in [5.74, 6) is 4.75. The minimum Gasteiger partial charge on any atom is -0.388 e. The molecule has 0 radical (unpaired) electrons. The van der Waals surface area contributed by atoms with Crippen molar-refractivity contribution >= 4 is 35.0 Å². The van der Waals surface area contributed by atoms with Crippen molar-refractivity contribution in [1.82, 2.24) is 0 Å². The average Bonchev–Trinajstić information content (AvgIpc) is 2.27. The number of benzene rings is 2. The van der Waals surface area contributed by atoms with Gasteiger partial charge in [0.1, 0.15) is 0 Å². The molecule has 0 aliphatic rings. The molecule has 76 valence electrons. The fourth-order valence-corrected chi connectivity index (χ4v) is 3.46. The second kappa shape index (κ2) is 4.27. The van der Waals surface area contributed by atoms with E-state index < -0.39 is 14.1 Å². The van der Waals surface area contributed by atoms with Gasteiger partial charge in [-0.1, -0.05) is 30.3 Å². The van der Waals surface area contributed by atoms with Crippen molar-refractivity contribution in [3.8, 4) is 0 Å². The van der Waals surface area contributed by atoms with Crippen molar-refractivity contribution in [2.75, 3.05) is 12.4 Å². The number of fused-ring (bicyclic) bond motifs is 1. The predicted molar refractivity (Wildman–Crippen MR) is 70.6 cm³/mol. The zero-order chi connectivity index (χ0) is 10.8. The van der Waals surface area contributed by atoms with Crippen molar-refractivity contribution in [2.45, 2.75) is 11.6 Å². The molecule has 0 heterocycles. The lowest BCUT2D eigenvalue weighted by molar-refractivity contribution is 1.55. The van der Waals surface area contributed by atoms with Gasteiger partial charge >= 0.3 is 0 Å². The molecule has 0 aromatic heterocycles. The molecule has 0 fully saturated rings. The highest BCUT2D eigenvalue weighted by Gasteiger charge is 2.11. The summed E-state index contributed by atoms with van der Waals surface area (Å²) in [6.45, 7) is 0. The van der Waals surface area contributed by atoms with Gasteiger partial charge < -0.3 is 5.32 Å². The van der Waals surface area contributed by atoms with Crippen molar-refractivity contribution in [3.63, 3.8) is 0 Å². The third-order valence-corrected chi connectivity index (χ3v) is 4.55. The number of nitrogens with one attached hydrogen (secondary N) is 1. The topological polar surface area (TPSA) is 12.0 Å². The van der Waals surface area contributed by atoms with Crippen LogP contribution in [0.3, 0.4) is 0 Å². The number of hydrogen-bond acceptors (Lipinski definition) is 1. The molecule has 1 N–H and O–H groups in total. The smallest absolute Gasteiger partial charge is 0.300 e. The molecule has 2 rings (SSSR count). The normalized spacial score (nSPS) is 10.3. The molecule has 0 spiro atoms. The Morgan fingerprint density at radius 2 is 1.67 bits per heavy atom. The van der Waals surface area contributed by atoms with Crippen LogP contribution in [-0.2, 0) is 0 Å². The van der Waals surface area contributed by atoms with Crippen molar-refractivity contribution in [3.05, 3.63) is 36.4 Å². The summed E-state index contributed by atoms with van der Waals surface area (Å²) < 4.78 is 1.55. The van der Waals surface area contributed by atoms with Crippen LogP contribution in [0, 0.1) is 0 Å². The van der Waals surface area contributed by atoms with Crippen LogP contribution < -0.4 is 9.74 Å². The lowest BCUT2D eigenvalue weighted by Gasteiger charge is -2.12. The first-order valence-electron chi connectivity index (χ1n) is 5.43. The molecule has 0 atom stereocenters. The van der Waals surface area contributed by atoms with E-state index in [1.54, 1.807) is 4.43 Å². The Hall–Kier alpha value is -0.968. The number of anilines is 1. The van der Waals surface area contributed by atoms with E-state index in [0.717, 1.165) is 0 Å². The van der Waals surface area contributed by atoms with Gasteiger partial charge in [-0.15, -0.1) is 16.0 Å². The van der Waals surface area contributed by atoms with E-state index in [4.69, 9.17) is 0 Å². The molecule has 0 amide bonds. The summed E-state index contributed by atoms with van der Waals surface area (Å²) in [6, 6.07) is 13.1. The maximum absolute atomic E-state index is 3.29. The van der Waals surface area contributed by atoms with E-state index >= 15 is 0 Å². The van der Waals surface area contributed by atoms with Gasteiger partial charge in [0.15, 0.2) is 0 Å². The maximum Gasteiger partial charge on any atom is 0.300 e. The van der Waals surface area contributed by atoms with Crippen LogP contribution >= 0.6 is 0 Å². The Morgan fingerprint density at radius 3 is 2.27 bits per heavy atom. The lowest BCUT2D eigenvalue weighted by Crippen LogP contribution is -2.23. The molecule has 0 saturated heterocycles. The number of hydrogen-bond donors (Lipinski definition) is 1. The van der Waals surface area contributed by atoms with Crippen LogP contribution in [0.5, 0.6) is 0 Å². The van der Waals surface area contributed by atoms with Gasteiger partial charge in [-0.3, -0.25) is 0 Å². The second-order valence-electron chi connectivity index (χ2n) is 4.16. The first-order valence-corrected chi connectivity index (χ1v) is 8.32. The Morgan fingerprint density at radius 1 is 1.00 bits per heavy atom. The van der Waals surface area contributed by atoms with E-state index in [1.807, 2.05) is 7.05 Å². The number of rotatable bonds is 2. The molecule has 0 bridgehead atoms. The Labute approximate surface area is 95.5 Å². The van der Waals surface area contributed by atoms with Crippen LogP contribution in [-0.4, -0.2) is 21.2 Å². The Balaban J connectivity index is 2.81. The summed E-state index contributed by atoms with van der Waals surface area (Å²) >= 11 is -0.761. The first kappa shape index (κ1) is 10.5. The molecular formula is C13H16AlN. The van der Waals surface area contributed by atoms with Gasteiger partial charge in [0.05, 0.1) is 0 Å². The quantitative estimate of drug-likeness (QED) is 0.756. The molecular weight excluding hydrogens is 197 g/mol. The molecule has 15 heavy (non-hydrogen) atoms. The predicted octanol–water partition coefficient (Wildman–Crippen LogP) is 2.84. The van der Waals surface area contributed by atoms with Crippen molar-refractivity contribution in [1.29, 1.82) is 0 Å². The molecule has 2 aromatic carbocycles. The summed E-state index contributed by atoms with van der Waals surface area (Å²) in [4.78, 5) is 0. The second-order valence-corrected chi connectivity index (χ2v) is 7.09. The van der Waals surface area contributed by atoms with Crippen LogP contribution in [0.15, 0.2) is 36.4 Å². The minimum absolute atomic E-state index is 0.761. The van der Waals surface area contributed by atoms with Gasteiger partial charge in [0, 0.05) is 12.7 Å². The van der Waals surface area contributed by atoms with Gasteiger partial charge in [-0.2, -0.15) is 0 Å². The van der Waals surface area contributed by atoms with Crippen LogP contribution in [0.1, 0.15) is 0 Å². The molecule has 2 aromatic rings.